The topological polar surface area (TPSA) is 60.5 Å². The van der Waals surface area contributed by atoms with Crippen LogP contribution in [0.25, 0.3) is 23.0 Å². The fourth-order valence-electron chi connectivity index (χ4n) is 3.69. The Kier molecular flexibility index (Phi) is 6.52. The molecule has 2 aromatic carbocycles. The van der Waals surface area contributed by atoms with Crippen molar-refractivity contribution in [2.75, 3.05) is 6.61 Å². The molecule has 0 N–H and O–H groups in total. The number of rotatable bonds is 7. The summed E-state index contributed by atoms with van der Waals surface area (Å²) in [4.78, 5) is 15.1. The van der Waals surface area contributed by atoms with E-state index in [2.05, 4.69) is 0 Å². The number of thioether (sulfide) groups is 1. The third-order valence-electron chi connectivity index (χ3n) is 5.32. The van der Waals surface area contributed by atoms with Crippen LogP contribution in [0.4, 0.5) is 4.39 Å². The van der Waals surface area contributed by atoms with E-state index < -0.39 is 5.82 Å². The largest absolute Gasteiger partial charge is 0.491 e. The third kappa shape index (κ3) is 4.78. The summed E-state index contributed by atoms with van der Waals surface area (Å²) in [6, 6.07) is 17.9. The molecule has 3 heterocycles. The zero-order valence-corrected chi connectivity index (χ0v) is 20.3. The van der Waals surface area contributed by atoms with Gasteiger partial charge in [-0.25, -0.2) is 9.07 Å². The fourth-order valence-corrected chi connectivity index (χ4v) is 4.93. The van der Waals surface area contributed by atoms with Crippen LogP contribution in [0, 0.1) is 5.82 Å². The van der Waals surface area contributed by atoms with Crippen molar-refractivity contribution in [3.63, 3.8) is 0 Å². The van der Waals surface area contributed by atoms with Crippen LogP contribution >= 0.6 is 24.0 Å². The van der Waals surface area contributed by atoms with Crippen LogP contribution in [0.1, 0.15) is 18.2 Å². The van der Waals surface area contributed by atoms with E-state index in [9.17, 15) is 9.18 Å². The van der Waals surface area contributed by atoms with Crippen molar-refractivity contribution in [1.82, 2.24) is 14.7 Å². The molecule has 4 aromatic rings. The highest BCUT2D eigenvalue weighted by molar-refractivity contribution is 8.26. The normalized spacial score (nSPS) is 14.8. The number of furan rings is 1. The van der Waals surface area contributed by atoms with E-state index in [-0.39, 0.29) is 18.2 Å². The molecule has 1 aliphatic rings. The number of amides is 1. The summed E-state index contributed by atoms with van der Waals surface area (Å²) in [7, 11) is 0. The minimum Gasteiger partial charge on any atom is -0.491 e. The molecule has 5 rings (SSSR count). The lowest BCUT2D eigenvalue weighted by molar-refractivity contribution is -0.122. The van der Waals surface area contributed by atoms with Gasteiger partial charge in [-0.15, -0.1) is 0 Å². The number of hydrogen-bond donors (Lipinski definition) is 0. The molecule has 0 atom stereocenters. The predicted octanol–water partition coefficient (Wildman–Crippen LogP) is 6.07. The maximum atomic E-state index is 14.7. The second-order valence-electron chi connectivity index (χ2n) is 7.64. The van der Waals surface area contributed by atoms with Gasteiger partial charge in [0, 0.05) is 17.3 Å². The summed E-state index contributed by atoms with van der Waals surface area (Å²) in [6.45, 7) is 2.42. The van der Waals surface area contributed by atoms with Crippen LogP contribution in [-0.2, 0) is 11.3 Å². The van der Waals surface area contributed by atoms with Gasteiger partial charge in [0.05, 0.1) is 30.0 Å². The van der Waals surface area contributed by atoms with Gasteiger partial charge in [-0.3, -0.25) is 9.69 Å². The Morgan fingerprint density at radius 3 is 2.71 bits per heavy atom. The van der Waals surface area contributed by atoms with Gasteiger partial charge in [0.25, 0.3) is 5.91 Å². The van der Waals surface area contributed by atoms with Crippen molar-refractivity contribution in [2.45, 2.75) is 13.5 Å². The van der Waals surface area contributed by atoms with Gasteiger partial charge in [-0.05, 0) is 55.5 Å². The molecule has 0 bridgehead atoms. The molecule has 0 spiro atoms. The van der Waals surface area contributed by atoms with Gasteiger partial charge in [0.15, 0.2) is 11.6 Å². The minimum absolute atomic E-state index is 0.180. The quantitative estimate of drug-likeness (QED) is 0.224. The number of halogens is 1. The van der Waals surface area contributed by atoms with Gasteiger partial charge in [-0.2, -0.15) is 5.10 Å². The zero-order valence-electron chi connectivity index (χ0n) is 18.7. The third-order valence-corrected chi connectivity index (χ3v) is 6.70. The van der Waals surface area contributed by atoms with Gasteiger partial charge in [0.2, 0.25) is 0 Å². The van der Waals surface area contributed by atoms with Crippen molar-refractivity contribution in [3.05, 3.63) is 95.2 Å². The summed E-state index contributed by atoms with van der Waals surface area (Å²) in [5.74, 6) is 0.131. The Hall–Kier alpha value is -3.69. The first-order valence-corrected chi connectivity index (χ1v) is 12.1. The smallest absolute Gasteiger partial charge is 0.266 e. The van der Waals surface area contributed by atoms with Crippen molar-refractivity contribution in [3.8, 4) is 22.7 Å². The molecule has 1 aliphatic heterocycles. The molecular formula is C26H20FN3O3S2. The van der Waals surface area contributed by atoms with E-state index in [0.717, 1.165) is 5.69 Å². The summed E-state index contributed by atoms with van der Waals surface area (Å²) in [5.41, 5.74) is 2.60. The molecule has 0 unspecified atom stereocenters. The first-order chi connectivity index (χ1) is 17.0. The Morgan fingerprint density at radius 2 is 2.00 bits per heavy atom. The average molecular weight is 506 g/mol. The standard InChI is InChI=1S/C26H20FN3O3S2/c1-2-32-22-11-10-17(13-21(22)27)24-18(15-30(28-24)19-7-4-3-5-8-19)14-23-25(31)29(26(34)35-23)16-20-9-6-12-33-20/h3-15H,2,16H2,1H3/b23-14-. The number of carbonyl (C=O) groups excluding carboxylic acids is 1. The summed E-state index contributed by atoms with van der Waals surface area (Å²) in [6.07, 6.45) is 5.12. The lowest BCUT2D eigenvalue weighted by atomic mass is 10.1. The van der Waals surface area contributed by atoms with Gasteiger partial charge < -0.3 is 9.15 Å². The first kappa shape index (κ1) is 23.1. The Balaban J connectivity index is 1.54. The molecule has 1 amide bonds. The molecule has 9 heteroatoms. The zero-order chi connectivity index (χ0) is 24.4. The van der Waals surface area contributed by atoms with Crippen molar-refractivity contribution < 1.29 is 18.3 Å². The number of para-hydroxylation sites is 1. The van der Waals surface area contributed by atoms with Crippen LogP contribution in [-0.4, -0.2) is 31.5 Å². The number of thiocarbonyl (C=S) groups is 1. The van der Waals surface area contributed by atoms with Crippen LogP contribution in [0.3, 0.4) is 0 Å². The molecule has 0 aliphatic carbocycles. The fraction of sp³-hybridized carbons (Fsp3) is 0.115. The first-order valence-electron chi connectivity index (χ1n) is 10.9. The molecular weight excluding hydrogens is 485 g/mol. The van der Waals surface area contributed by atoms with E-state index >= 15 is 0 Å². The van der Waals surface area contributed by atoms with Gasteiger partial charge in [-0.1, -0.05) is 42.2 Å². The highest BCUT2D eigenvalue weighted by Crippen LogP contribution is 2.36. The van der Waals surface area contributed by atoms with E-state index in [1.54, 1.807) is 48.2 Å². The van der Waals surface area contributed by atoms with Crippen LogP contribution in [0.5, 0.6) is 5.75 Å². The van der Waals surface area contributed by atoms with Gasteiger partial charge >= 0.3 is 0 Å². The second-order valence-corrected chi connectivity index (χ2v) is 9.31. The average Bonchev–Trinajstić information content (AvgIpc) is 3.59. The lowest BCUT2D eigenvalue weighted by Crippen LogP contribution is -2.27. The molecule has 1 fully saturated rings. The van der Waals surface area contributed by atoms with Crippen molar-refractivity contribution in [1.29, 1.82) is 0 Å². The van der Waals surface area contributed by atoms with E-state index in [4.69, 9.17) is 26.5 Å². The number of nitrogens with zero attached hydrogens (tertiary/aromatic N) is 3. The van der Waals surface area contributed by atoms with E-state index in [1.165, 1.54) is 22.7 Å². The number of ether oxygens (including phenoxy) is 1. The summed E-state index contributed by atoms with van der Waals surface area (Å²) >= 11 is 6.67. The number of carbonyl (C=O) groups is 1. The molecule has 35 heavy (non-hydrogen) atoms. The highest BCUT2D eigenvalue weighted by atomic mass is 32.2. The molecule has 176 valence electrons. The van der Waals surface area contributed by atoms with E-state index in [0.29, 0.717) is 38.4 Å². The van der Waals surface area contributed by atoms with Crippen LogP contribution in [0.2, 0.25) is 0 Å². The SMILES string of the molecule is CCOc1ccc(-c2nn(-c3ccccc3)cc2/C=C2\SC(=S)N(Cc3ccco3)C2=O)cc1F. The molecule has 0 saturated carbocycles. The molecule has 2 aromatic heterocycles. The maximum absolute atomic E-state index is 14.7. The number of aromatic nitrogens is 2. The Morgan fingerprint density at radius 1 is 1.17 bits per heavy atom. The molecule has 1 saturated heterocycles. The second kappa shape index (κ2) is 9.89. The van der Waals surface area contributed by atoms with Crippen molar-refractivity contribution in [2.24, 2.45) is 0 Å². The predicted molar refractivity (Wildman–Crippen MR) is 138 cm³/mol. The number of benzene rings is 2. The van der Waals surface area contributed by atoms with E-state index in [1.807, 2.05) is 36.5 Å². The monoisotopic (exact) mass is 505 g/mol. The Labute approximate surface area is 211 Å². The minimum atomic E-state index is -0.477. The van der Waals surface area contributed by atoms with Crippen LogP contribution in [0.15, 0.2) is 82.4 Å². The number of hydrogen-bond acceptors (Lipinski definition) is 6. The van der Waals surface area contributed by atoms with Crippen molar-refractivity contribution >= 4 is 40.3 Å². The maximum Gasteiger partial charge on any atom is 0.266 e. The van der Waals surface area contributed by atoms with Gasteiger partial charge in [0.1, 0.15) is 15.8 Å². The lowest BCUT2D eigenvalue weighted by Gasteiger charge is -2.11. The Bertz CT molecular complexity index is 1420. The van der Waals surface area contributed by atoms with Crippen LogP contribution < -0.4 is 4.74 Å². The highest BCUT2D eigenvalue weighted by Gasteiger charge is 2.33. The summed E-state index contributed by atoms with van der Waals surface area (Å²) in [5, 5.41) is 4.72. The molecule has 6 nitrogen and oxygen atoms in total. The summed E-state index contributed by atoms with van der Waals surface area (Å²) < 4.78 is 27.5. The molecule has 0 radical (unpaired) electrons.